The number of ether oxygens (including phenoxy) is 1. The Balaban J connectivity index is 2.20. The first kappa shape index (κ1) is 14.6. The summed E-state index contributed by atoms with van der Waals surface area (Å²) in [6, 6.07) is 1.66. The highest BCUT2D eigenvalue weighted by Gasteiger charge is 2.09. The second-order valence-electron chi connectivity index (χ2n) is 4.82. The molecule has 0 atom stereocenters. The standard InChI is InChI=1S/C13H23N3O2/c1-10(2)4-6-18-7-5-15-13(17)12-8-11(14)9-16(12)3/h8-10H,4-7,14H2,1-3H3,(H,15,17). The Labute approximate surface area is 108 Å². The largest absolute Gasteiger partial charge is 0.397 e. The van der Waals surface area contributed by atoms with Crippen molar-refractivity contribution in [3.05, 3.63) is 18.0 Å². The van der Waals surface area contributed by atoms with E-state index in [4.69, 9.17) is 10.5 Å². The van der Waals surface area contributed by atoms with Crippen LogP contribution in [0, 0.1) is 5.92 Å². The van der Waals surface area contributed by atoms with E-state index in [-0.39, 0.29) is 5.91 Å². The lowest BCUT2D eigenvalue weighted by Gasteiger charge is -2.08. The van der Waals surface area contributed by atoms with Crippen molar-refractivity contribution in [2.75, 3.05) is 25.5 Å². The van der Waals surface area contributed by atoms with Crippen molar-refractivity contribution < 1.29 is 9.53 Å². The number of hydrogen-bond donors (Lipinski definition) is 2. The minimum atomic E-state index is -0.123. The lowest BCUT2D eigenvalue weighted by Crippen LogP contribution is -2.28. The molecule has 1 heterocycles. The zero-order valence-electron chi connectivity index (χ0n) is 11.4. The third kappa shape index (κ3) is 4.79. The average molecular weight is 253 g/mol. The van der Waals surface area contributed by atoms with Gasteiger partial charge in [0.05, 0.1) is 12.3 Å². The van der Waals surface area contributed by atoms with Crippen LogP contribution in [-0.4, -0.2) is 30.2 Å². The number of nitrogen functional groups attached to an aromatic ring is 1. The summed E-state index contributed by atoms with van der Waals surface area (Å²) in [5.74, 6) is 0.521. The van der Waals surface area contributed by atoms with E-state index in [0.717, 1.165) is 13.0 Å². The predicted octanol–water partition coefficient (Wildman–Crippen LogP) is 1.40. The number of carbonyl (C=O) groups is 1. The number of nitrogens with zero attached hydrogens (tertiary/aromatic N) is 1. The first-order valence-corrected chi connectivity index (χ1v) is 6.28. The minimum absolute atomic E-state index is 0.123. The van der Waals surface area contributed by atoms with Crippen LogP contribution >= 0.6 is 0 Å². The van der Waals surface area contributed by atoms with Crippen LogP contribution < -0.4 is 11.1 Å². The van der Waals surface area contributed by atoms with Crippen LogP contribution in [0.25, 0.3) is 0 Å². The fourth-order valence-corrected chi connectivity index (χ4v) is 1.56. The molecule has 102 valence electrons. The minimum Gasteiger partial charge on any atom is -0.397 e. The van der Waals surface area contributed by atoms with Gasteiger partial charge < -0.3 is 20.4 Å². The molecule has 1 aromatic rings. The quantitative estimate of drug-likeness (QED) is 0.722. The summed E-state index contributed by atoms with van der Waals surface area (Å²) >= 11 is 0. The third-order valence-corrected chi connectivity index (χ3v) is 2.63. The molecule has 0 aromatic carbocycles. The molecule has 3 N–H and O–H groups in total. The van der Waals surface area contributed by atoms with Crippen molar-refractivity contribution in [2.24, 2.45) is 13.0 Å². The van der Waals surface area contributed by atoms with E-state index in [2.05, 4.69) is 19.2 Å². The van der Waals surface area contributed by atoms with Gasteiger partial charge in [0.1, 0.15) is 5.69 Å². The summed E-state index contributed by atoms with van der Waals surface area (Å²) in [6.45, 7) is 6.11. The molecule has 1 amide bonds. The van der Waals surface area contributed by atoms with Gasteiger partial charge in [-0.15, -0.1) is 0 Å². The average Bonchev–Trinajstić information content (AvgIpc) is 2.62. The fourth-order valence-electron chi connectivity index (χ4n) is 1.56. The molecule has 1 aromatic heterocycles. The zero-order valence-corrected chi connectivity index (χ0v) is 11.4. The van der Waals surface area contributed by atoms with Crippen molar-refractivity contribution in [2.45, 2.75) is 20.3 Å². The lowest BCUT2D eigenvalue weighted by atomic mass is 10.1. The molecule has 0 aliphatic carbocycles. The zero-order chi connectivity index (χ0) is 13.5. The van der Waals surface area contributed by atoms with E-state index in [0.29, 0.717) is 30.5 Å². The number of aromatic nitrogens is 1. The molecule has 0 aliphatic rings. The normalized spacial score (nSPS) is 10.9. The molecule has 5 nitrogen and oxygen atoms in total. The van der Waals surface area contributed by atoms with Crippen molar-refractivity contribution in [1.82, 2.24) is 9.88 Å². The molecule has 0 radical (unpaired) electrons. The monoisotopic (exact) mass is 253 g/mol. The van der Waals surface area contributed by atoms with Crippen molar-refractivity contribution in [3.8, 4) is 0 Å². The molecule has 0 aliphatic heterocycles. The Morgan fingerprint density at radius 2 is 2.22 bits per heavy atom. The van der Waals surface area contributed by atoms with Crippen LogP contribution in [0.3, 0.4) is 0 Å². The number of rotatable bonds is 7. The van der Waals surface area contributed by atoms with Gasteiger partial charge in [-0.2, -0.15) is 0 Å². The number of hydrogen-bond acceptors (Lipinski definition) is 3. The summed E-state index contributed by atoms with van der Waals surface area (Å²) in [5, 5.41) is 2.80. The highest BCUT2D eigenvalue weighted by molar-refractivity contribution is 5.93. The topological polar surface area (TPSA) is 69.3 Å². The summed E-state index contributed by atoms with van der Waals surface area (Å²) in [6.07, 6.45) is 2.76. The number of nitrogens with two attached hydrogens (primary N) is 1. The maximum Gasteiger partial charge on any atom is 0.268 e. The summed E-state index contributed by atoms with van der Waals surface area (Å²) in [4.78, 5) is 11.8. The molecular weight excluding hydrogens is 230 g/mol. The number of anilines is 1. The van der Waals surface area contributed by atoms with Gasteiger partial charge in [-0.25, -0.2) is 0 Å². The van der Waals surface area contributed by atoms with Crippen LogP contribution in [0.2, 0.25) is 0 Å². The maximum absolute atomic E-state index is 11.8. The highest BCUT2D eigenvalue weighted by atomic mass is 16.5. The Morgan fingerprint density at radius 1 is 1.50 bits per heavy atom. The molecular formula is C13H23N3O2. The van der Waals surface area contributed by atoms with Crippen molar-refractivity contribution in [1.29, 1.82) is 0 Å². The molecule has 0 unspecified atom stereocenters. The van der Waals surface area contributed by atoms with E-state index in [1.54, 1.807) is 23.9 Å². The van der Waals surface area contributed by atoms with E-state index >= 15 is 0 Å². The fraction of sp³-hybridized carbons (Fsp3) is 0.615. The van der Waals surface area contributed by atoms with E-state index in [9.17, 15) is 4.79 Å². The molecule has 0 fully saturated rings. The molecule has 0 saturated carbocycles. The number of aryl methyl sites for hydroxylation is 1. The van der Waals surface area contributed by atoms with Crippen LogP contribution in [0.15, 0.2) is 12.3 Å². The molecule has 0 bridgehead atoms. The van der Waals surface area contributed by atoms with Crippen LogP contribution in [0.1, 0.15) is 30.8 Å². The van der Waals surface area contributed by atoms with Crippen molar-refractivity contribution >= 4 is 11.6 Å². The maximum atomic E-state index is 11.8. The van der Waals surface area contributed by atoms with E-state index in [1.807, 2.05) is 0 Å². The van der Waals surface area contributed by atoms with Crippen molar-refractivity contribution in [3.63, 3.8) is 0 Å². The number of amides is 1. The van der Waals surface area contributed by atoms with Gasteiger partial charge >= 0.3 is 0 Å². The van der Waals surface area contributed by atoms with Gasteiger partial charge in [0.25, 0.3) is 5.91 Å². The summed E-state index contributed by atoms with van der Waals surface area (Å²) in [7, 11) is 1.80. The van der Waals surface area contributed by atoms with E-state index < -0.39 is 0 Å². The summed E-state index contributed by atoms with van der Waals surface area (Å²) in [5.41, 5.74) is 6.77. The third-order valence-electron chi connectivity index (χ3n) is 2.63. The van der Waals surface area contributed by atoms with Crippen LogP contribution in [-0.2, 0) is 11.8 Å². The Morgan fingerprint density at radius 3 is 2.78 bits per heavy atom. The first-order chi connectivity index (χ1) is 8.50. The molecule has 0 saturated heterocycles. The van der Waals surface area contributed by atoms with E-state index in [1.165, 1.54) is 0 Å². The molecule has 5 heteroatoms. The van der Waals surface area contributed by atoms with Gasteiger partial charge in [0, 0.05) is 26.4 Å². The lowest BCUT2D eigenvalue weighted by molar-refractivity contribution is 0.0898. The van der Waals surface area contributed by atoms with Gasteiger partial charge in [-0.1, -0.05) is 13.8 Å². The van der Waals surface area contributed by atoms with Crippen LogP contribution in [0.5, 0.6) is 0 Å². The Hall–Kier alpha value is -1.49. The number of nitrogens with one attached hydrogen (secondary N) is 1. The second kappa shape index (κ2) is 7.06. The highest BCUT2D eigenvalue weighted by Crippen LogP contribution is 2.08. The Kier molecular flexibility index (Phi) is 5.71. The molecule has 18 heavy (non-hydrogen) atoms. The van der Waals surface area contributed by atoms with Gasteiger partial charge in [0.2, 0.25) is 0 Å². The first-order valence-electron chi connectivity index (χ1n) is 6.28. The molecule has 0 spiro atoms. The van der Waals surface area contributed by atoms with Gasteiger partial charge in [-0.3, -0.25) is 4.79 Å². The van der Waals surface area contributed by atoms with Gasteiger partial charge in [-0.05, 0) is 18.4 Å². The summed E-state index contributed by atoms with van der Waals surface area (Å²) < 4.78 is 7.13. The predicted molar refractivity (Wildman–Crippen MR) is 72.4 cm³/mol. The second-order valence-corrected chi connectivity index (χ2v) is 4.82. The smallest absolute Gasteiger partial charge is 0.268 e. The number of carbonyl (C=O) groups excluding carboxylic acids is 1. The molecule has 1 rings (SSSR count). The van der Waals surface area contributed by atoms with Crippen LogP contribution in [0.4, 0.5) is 5.69 Å². The van der Waals surface area contributed by atoms with Gasteiger partial charge in [0.15, 0.2) is 0 Å². The Bertz CT molecular complexity index is 386. The SMILES string of the molecule is CC(C)CCOCCNC(=O)c1cc(N)cn1C.